The van der Waals surface area contributed by atoms with Crippen LogP contribution in [0.4, 0.5) is 0 Å². The van der Waals surface area contributed by atoms with Gasteiger partial charge in [0.15, 0.2) is 11.6 Å². The molecule has 0 aliphatic heterocycles. The number of aromatic nitrogens is 3. The van der Waals surface area contributed by atoms with Gasteiger partial charge in [-0.2, -0.15) is 0 Å². The number of carbonyl (C=O) groups excluding carboxylic acids is 1. The fourth-order valence-electron chi connectivity index (χ4n) is 2.32. The van der Waals surface area contributed by atoms with E-state index in [-0.39, 0.29) is 5.78 Å². The van der Waals surface area contributed by atoms with Crippen LogP contribution < -0.4 is 0 Å². The Balaban J connectivity index is 2.16. The summed E-state index contributed by atoms with van der Waals surface area (Å²) in [5.74, 6) is 0.888. The molecule has 0 fully saturated rings. The van der Waals surface area contributed by atoms with Crippen molar-refractivity contribution >= 4 is 16.8 Å². The second-order valence-corrected chi connectivity index (χ2v) is 4.89. The van der Waals surface area contributed by atoms with Crippen molar-refractivity contribution in [1.82, 2.24) is 14.5 Å². The molecule has 3 rings (SSSR count). The van der Waals surface area contributed by atoms with E-state index in [4.69, 9.17) is 0 Å². The summed E-state index contributed by atoms with van der Waals surface area (Å²) in [6.45, 7) is 3.62. The number of benzene rings is 1. The summed E-state index contributed by atoms with van der Waals surface area (Å²) in [7, 11) is 2.00. The molecule has 1 N–H and O–H groups in total. The van der Waals surface area contributed by atoms with E-state index in [0.29, 0.717) is 5.56 Å². The Morgan fingerprint density at radius 3 is 2.74 bits per heavy atom. The van der Waals surface area contributed by atoms with Gasteiger partial charge in [-0.05, 0) is 43.7 Å². The molecule has 2 aromatic heterocycles. The second kappa shape index (κ2) is 4.09. The van der Waals surface area contributed by atoms with E-state index in [1.54, 1.807) is 6.92 Å². The molecule has 0 radical (unpaired) electrons. The van der Waals surface area contributed by atoms with Gasteiger partial charge in [0.1, 0.15) is 0 Å². The van der Waals surface area contributed by atoms with Crippen LogP contribution >= 0.6 is 0 Å². The van der Waals surface area contributed by atoms with Crippen LogP contribution in [0.2, 0.25) is 0 Å². The van der Waals surface area contributed by atoms with Crippen molar-refractivity contribution in [2.24, 2.45) is 7.05 Å². The Hall–Kier alpha value is -2.36. The number of rotatable bonds is 2. The van der Waals surface area contributed by atoms with Gasteiger partial charge in [-0.15, -0.1) is 0 Å². The number of nitrogens with zero attached hydrogens (tertiary/aromatic N) is 2. The number of ketones is 1. The average Bonchev–Trinajstić information content (AvgIpc) is 2.90. The van der Waals surface area contributed by atoms with Gasteiger partial charge in [-0.25, -0.2) is 4.98 Å². The zero-order chi connectivity index (χ0) is 13.6. The molecule has 4 heteroatoms. The van der Waals surface area contributed by atoms with Gasteiger partial charge in [0, 0.05) is 18.8 Å². The first kappa shape index (κ1) is 11.7. The number of hydrogen-bond donors (Lipinski definition) is 1. The zero-order valence-corrected chi connectivity index (χ0v) is 11.2. The van der Waals surface area contributed by atoms with Crippen LogP contribution in [0, 0.1) is 6.92 Å². The third kappa shape index (κ3) is 1.95. The number of carbonyl (C=O) groups is 1. The summed E-state index contributed by atoms with van der Waals surface area (Å²) in [6, 6.07) is 7.63. The highest BCUT2D eigenvalue weighted by Gasteiger charge is 2.10. The minimum Gasteiger partial charge on any atom is -0.348 e. The van der Waals surface area contributed by atoms with Crippen molar-refractivity contribution in [1.29, 1.82) is 0 Å². The predicted molar refractivity (Wildman–Crippen MR) is 75.2 cm³/mol. The molecule has 0 atom stereocenters. The van der Waals surface area contributed by atoms with Crippen LogP contribution in [0.25, 0.3) is 22.6 Å². The number of aromatic amines is 1. The molecule has 0 saturated carbocycles. The van der Waals surface area contributed by atoms with E-state index in [1.807, 2.05) is 29.8 Å². The van der Waals surface area contributed by atoms with Crippen molar-refractivity contribution in [3.63, 3.8) is 0 Å². The second-order valence-electron chi connectivity index (χ2n) is 4.89. The highest BCUT2D eigenvalue weighted by Crippen LogP contribution is 2.22. The normalized spacial score (nSPS) is 11.1. The number of H-pyrrole nitrogens is 1. The van der Waals surface area contributed by atoms with Gasteiger partial charge in [0.25, 0.3) is 0 Å². The van der Waals surface area contributed by atoms with Crippen molar-refractivity contribution in [2.75, 3.05) is 0 Å². The Morgan fingerprint density at radius 1 is 1.32 bits per heavy atom. The molecule has 3 aromatic rings. The lowest BCUT2D eigenvalue weighted by Crippen LogP contribution is -1.90. The number of nitrogens with one attached hydrogen (secondary N) is 1. The minimum absolute atomic E-state index is 0.0627. The monoisotopic (exact) mass is 253 g/mol. The molecule has 1 aromatic carbocycles. The number of fused-ring (bicyclic) bond motifs is 1. The van der Waals surface area contributed by atoms with Gasteiger partial charge in [0.05, 0.1) is 16.7 Å². The molecule has 0 aliphatic carbocycles. The van der Waals surface area contributed by atoms with Crippen LogP contribution in [-0.4, -0.2) is 20.3 Å². The number of imidazole rings is 1. The first-order valence-electron chi connectivity index (χ1n) is 6.18. The lowest BCUT2D eigenvalue weighted by Gasteiger charge is -1.97. The number of hydrogen-bond acceptors (Lipinski definition) is 2. The van der Waals surface area contributed by atoms with E-state index in [1.165, 1.54) is 5.56 Å². The standard InChI is InChI=1S/C15H15N3O/c1-9-6-14(18(3)8-9)15-16-12-5-4-11(10(2)19)7-13(12)17-15/h4-8H,1-3H3,(H,16,17). The van der Waals surface area contributed by atoms with Crippen molar-refractivity contribution in [3.8, 4) is 11.5 Å². The van der Waals surface area contributed by atoms with E-state index in [0.717, 1.165) is 22.6 Å². The summed E-state index contributed by atoms with van der Waals surface area (Å²) in [5.41, 5.74) is 4.70. The van der Waals surface area contributed by atoms with E-state index >= 15 is 0 Å². The average molecular weight is 253 g/mol. The maximum atomic E-state index is 11.4. The zero-order valence-electron chi connectivity index (χ0n) is 11.2. The highest BCUT2D eigenvalue weighted by atomic mass is 16.1. The summed E-state index contributed by atoms with van der Waals surface area (Å²) >= 11 is 0. The van der Waals surface area contributed by atoms with Crippen LogP contribution in [0.15, 0.2) is 30.5 Å². The summed E-state index contributed by atoms with van der Waals surface area (Å²) in [5, 5.41) is 0. The molecule has 19 heavy (non-hydrogen) atoms. The molecule has 96 valence electrons. The van der Waals surface area contributed by atoms with Gasteiger partial charge < -0.3 is 9.55 Å². The number of Topliss-reactive ketones (excluding diaryl/α,β-unsaturated/α-hetero) is 1. The quantitative estimate of drug-likeness (QED) is 0.713. The van der Waals surface area contributed by atoms with Gasteiger partial charge in [0.2, 0.25) is 0 Å². The molecule has 4 nitrogen and oxygen atoms in total. The molecular weight excluding hydrogens is 238 g/mol. The first-order chi connectivity index (χ1) is 9.04. The lowest BCUT2D eigenvalue weighted by atomic mass is 10.1. The molecule has 0 unspecified atom stereocenters. The molecular formula is C15H15N3O. The van der Waals surface area contributed by atoms with Crippen molar-refractivity contribution < 1.29 is 4.79 Å². The maximum absolute atomic E-state index is 11.4. The van der Waals surface area contributed by atoms with E-state index < -0.39 is 0 Å². The maximum Gasteiger partial charge on any atom is 0.159 e. The largest absolute Gasteiger partial charge is 0.348 e. The molecule has 0 amide bonds. The summed E-state index contributed by atoms with van der Waals surface area (Å²) in [4.78, 5) is 19.2. The Labute approximate surface area is 111 Å². The fourth-order valence-corrected chi connectivity index (χ4v) is 2.32. The first-order valence-corrected chi connectivity index (χ1v) is 6.18. The Morgan fingerprint density at radius 2 is 2.11 bits per heavy atom. The van der Waals surface area contributed by atoms with Gasteiger partial charge in [-0.3, -0.25) is 4.79 Å². The summed E-state index contributed by atoms with van der Waals surface area (Å²) in [6.07, 6.45) is 2.06. The van der Waals surface area contributed by atoms with Crippen LogP contribution in [0.3, 0.4) is 0 Å². The molecule has 0 aliphatic rings. The molecule has 0 bridgehead atoms. The van der Waals surface area contributed by atoms with Crippen LogP contribution in [-0.2, 0) is 7.05 Å². The molecule has 2 heterocycles. The Kier molecular flexibility index (Phi) is 2.52. The smallest absolute Gasteiger partial charge is 0.159 e. The molecule has 0 spiro atoms. The van der Waals surface area contributed by atoms with E-state index in [2.05, 4.69) is 29.2 Å². The van der Waals surface area contributed by atoms with E-state index in [9.17, 15) is 4.79 Å². The molecule has 0 saturated heterocycles. The topological polar surface area (TPSA) is 50.7 Å². The third-order valence-electron chi connectivity index (χ3n) is 3.27. The SMILES string of the molecule is CC(=O)c1ccc2nc(-c3cc(C)cn3C)[nH]c2c1. The van der Waals surface area contributed by atoms with Crippen molar-refractivity contribution in [3.05, 3.63) is 41.6 Å². The Bertz CT molecular complexity index is 780. The van der Waals surface area contributed by atoms with Crippen LogP contribution in [0.5, 0.6) is 0 Å². The number of aryl methyl sites for hydroxylation is 2. The lowest BCUT2D eigenvalue weighted by molar-refractivity contribution is 0.101. The fraction of sp³-hybridized carbons (Fsp3) is 0.200. The minimum atomic E-state index is 0.0627. The summed E-state index contributed by atoms with van der Waals surface area (Å²) < 4.78 is 2.04. The van der Waals surface area contributed by atoms with Crippen molar-refractivity contribution in [2.45, 2.75) is 13.8 Å². The highest BCUT2D eigenvalue weighted by molar-refractivity contribution is 5.97. The predicted octanol–water partition coefficient (Wildman–Crippen LogP) is 3.08. The van der Waals surface area contributed by atoms with Gasteiger partial charge >= 0.3 is 0 Å². The van der Waals surface area contributed by atoms with Crippen LogP contribution in [0.1, 0.15) is 22.8 Å². The third-order valence-corrected chi connectivity index (χ3v) is 3.27. The van der Waals surface area contributed by atoms with Gasteiger partial charge in [-0.1, -0.05) is 0 Å².